The van der Waals surface area contributed by atoms with Crippen molar-refractivity contribution in [2.45, 2.75) is 33.9 Å². The largest absolute Gasteiger partial charge is 0.340 e. The fourth-order valence-corrected chi connectivity index (χ4v) is 4.67. The summed E-state index contributed by atoms with van der Waals surface area (Å²) in [4.78, 5) is 13.8. The van der Waals surface area contributed by atoms with Crippen LogP contribution in [0.3, 0.4) is 0 Å². The first-order valence-electron chi connectivity index (χ1n) is 9.84. The Morgan fingerprint density at radius 1 is 1.07 bits per heavy atom. The monoisotopic (exact) mass is 403 g/mol. The number of fused-ring (bicyclic) bond motifs is 1. The zero-order valence-corrected chi connectivity index (χ0v) is 17.8. The Bertz CT molecular complexity index is 1160. The van der Waals surface area contributed by atoms with Gasteiger partial charge in [-0.1, -0.05) is 42.0 Å². The lowest BCUT2D eigenvalue weighted by Gasteiger charge is -2.12. The number of carbonyl (C=O) groups is 1. The Kier molecular flexibility index (Phi) is 5.41. The van der Waals surface area contributed by atoms with Crippen molar-refractivity contribution < 1.29 is 4.79 Å². The third-order valence-corrected chi connectivity index (χ3v) is 6.08. The summed E-state index contributed by atoms with van der Waals surface area (Å²) in [6, 6.07) is 18.5. The Labute approximate surface area is 175 Å². The maximum absolute atomic E-state index is 12.6. The van der Waals surface area contributed by atoms with Crippen LogP contribution in [0.25, 0.3) is 21.5 Å². The summed E-state index contributed by atoms with van der Waals surface area (Å²) in [7, 11) is 0. The van der Waals surface area contributed by atoms with E-state index in [9.17, 15) is 4.79 Å². The molecule has 0 atom stereocenters. The van der Waals surface area contributed by atoms with E-state index < -0.39 is 0 Å². The van der Waals surface area contributed by atoms with Crippen LogP contribution < -0.4 is 10.6 Å². The van der Waals surface area contributed by atoms with Crippen molar-refractivity contribution in [3.8, 4) is 10.6 Å². The van der Waals surface area contributed by atoms with Gasteiger partial charge in [-0.15, -0.1) is 11.3 Å². The quantitative estimate of drug-likeness (QED) is 0.402. The highest BCUT2D eigenvalue weighted by Gasteiger charge is 2.19. The number of rotatable bonds is 5. The van der Waals surface area contributed by atoms with Crippen LogP contribution in [0.4, 0.5) is 10.5 Å². The minimum absolute atomic E-state index is 0.192. The number of carbonyl (C=O) groups excluding carboxylic acids is 1. The molecule has 2 amide bonds. The highest BCUT2D eigenvalue weighted by atomic mass is 32.1. The molecule has 0 bridgehead atoms. The molecule has 0 saturated heterocycles. The number of hydrogen-bond acceptors (Lipinski definition) is 2. The van der Waals surface area contributed by atoms with Gasteiger partial charge in [0.15, 0.2) is 0 Å². The van der Waals surface area contributed by atoms with E-state index in [1.165, 1.54) is 27.0 Å². The molecule has 0 fully saturated rings. The summed E-state index contributed by atoms with van der Waals surface area (Å²) >= 11 is 1.73. The van der Waals surface area contributed by atoms with Crippen molar-refractivity contribution in [1.29, 1.82) is 0 Å². The summed E-state index contributed by atoms with van der Waals surface area (Å²) in [6.07, 6.45) is 0. The topological polar surface area (TPSA) is 46.1 Å². The molecule has 2 aromatic carbocycles. The minimum Gasteiger partial charge on any atom is -0.340 e. The van der Waals surface area contributed by atoms with Crippen molar-refractivity contribution in [3.63, 3.8) is 0 Å². The third kappa shape index (κ3) is 3.78. The number of amides is 2. The number of thiophene rings is 1. The number of nitrogens with one attached hydrogen (secondary N) is 2. The number of hydrogen-bond donors (Lipinski definition) is 2. The van der Waals surface area contributed by atoms with Gasteiger partial charge in [-0.2, -0.15) is 0 Å². The first kappa shape index (κ1) is 19.3. The second kappa shape index (κ2) is 8.13. The zero-order valence-electron chi connectivity index (χ0n) is 17.0. The van der Waals surface area contributed by atoms with Gasteiger partial charge in [0, 0.05) is 35.2 Å². The van der Waals surface area contributed by atoms with Crippen molar-refractivity contribution in [2.75, 3.05) is 5.32 Å². The fourth-order valence-electron chi connectivity index (χ4n) is 3.87. The van der Waals surface area contributed by atoms with Gasteiger partial charge in [0.2, 0.25) is 0 Å². The number of para-hydroxylation sites is 1. The minimum atomic E-state index is -0.192. The van der Waals surface area contributed by atoms with Crippen LogP contribution in [0.2, 0.25) is 0 Å². The fraction of sp³-hybridized carbons (Fsp3) is 0.208. The molecule has 0 spiro atoms. The Morgan fingerprint density at radius 3 is 2.62 bits per heavy atom. The van der Waals surface area contributed by atoms with Gasteiger partial charge < -0.3 is 15.2 Å². The van der Waals surface area contributed by atoms with Crippen molar-refractivity contribution >= 4 is 34.0 Å². The summed E-state index contributed by atoms with van der Waals surface area (Å²) in [5, 5.41) is 9.32. The second-order valence-corrected chi connectivity index (χ2v) is 8.14. The number of aromatic nitrogens is 1. The van der Waals surface area contributed by atoms with Crippen molar-refractivity contribution in [1.82, 2.24) is 9.88 Å². The highest BCUT2D eigenvalue weighted by Crippen LogP contribution is 2.36. The van der Waals surface area contributed by atoms with Gasteiger partial charge in [-0.3, -0.25) is 0 Å². The zero-order chi connectivity index (χ0) is 20.4. The average molecular weight is 404 g/mol. The Hall–Kier alpha value is -3.05. The molecule has 4 rings (SSSR count). The van der Waals surface area contributed by atoms with Crippen LogP contribution in [0.15, 0.2) is 60.0 Å². The van der Waals surface area contributed by atoms with Gasteiger partial charge in [-0.05, 0) is 49.9 Å². The maximum Gasteiger partial charge on any atom is 0.319 e. The molecule has 0 unspecified atom stereocenters. The SMILES string of the molecule is CCn1c(-c2cccs2)c(CNC(=O)Nc2ccc(C)cc2C)c2ccccc21. The molecule has 2 aromatic heterocycles. The first-order valence-corrected chi connectivity index (χ1v) is 10.7. The van der Waals surface area contributed by atoms with Gasteiger partial charge in [0.25, 0.3) is 0 Å². The van der Waals surface area contributed by atoms with Gasteiger partial charge >= 0.3 is 6.03 Å². The summed E-state index contributed by atoms with van der Waals surface area (Å²) in [6.45, 7) is 7.56. The van der Waals surface area contributed by atoms with E-state index in [1.54, 1.807) is 11.3 Å². The molecule has 29 heavy (non-hydrogen) atoms. The molecule has 5 heteroatoms. The smallest absolute Gasteiger partial charge is 0.319 e. The number of aryl methyl sites for hydroxylation is 3. The standard InChI is InChI=1S/C24H25N3OS/c1-4-27-21-9-6-5-8-18(21)19(23(27)22-10-7-13-29-22)15-25-24(28)26-20-12-11-16(2)14-17(20)3/h5-14H,4,15H2,1-3H3,(H2,25,26,28). The molecule has 0 aliphatic heterocycles. The van der Waals surface area contributed by atoms with Crippen LogP contribution in [0.1, 0.15) is 23.6 Å². The number of nitrogens with zero attached hydrogens (tertiary/aromatic N) is 1. The molecule has 0 saturated carbocycles. The first-order chi connectivity index (χ1) is 14.1. The molecule has 2 N–H and O–H groups in total. The second-order valence-electron chi connectivity index (χ2n) is 7.19. The predicted molar refractivity (Wildman–Crippen MR) is 123 cm³/mol. The predicted octanol–water partition coefficient (Wildman–Crippen LogP) is 6.33. The molecule has 0 radical (unpaired) electrons. The molecule has 148 valence electrons. The van der Waals surface area contributed by atoms with E-state index in [2.05, 4.69) is 70.0 Å². The van der Waals surface area contributed by atoms with Crippen LogP contribution >= 0.6 is 11.3 Å². The van der Waals surface area contributed by atoms with Gasteiger partial charge in [-0.25, -0.2) is 4.79 Å². The molecule has 4 aromatic rings. The van der Waals surface area contributed by atoms with Crippen LogP contribution in [0, 0.1) is 13.8 Å². The van der Waals surface area contributed by atoms with E-state index in [1.807, 2.05) is 26.0 Å². The summed E-state index contributed by atoms with van der Waals surface area (Å²) in [5.74, 6) is 0. The number of benzene rings is 2. The van der Waals surface area contributed by atoms with Crippen molar-refractivity contribution in [2.24, 2.45) is 0 Å². The third-order valence-electron chi connectivity index (χ3n) is 5.20. The molecule has 0 aliphatic rings. The van der Waals surface area contributed by atoms with E-state index in [0.29, 0.717) is 6.54 Å². The van der Waals surface area contributed by atoms with Crippen molar-refractivity contribution in [3.05, 3.63) is 76.7 Å². The molecule has 0 aliphatic carbocycles. The highest BCUT2D eigenvalue weighted by molar-refractivity contribution is 7.13. The van der Waals surface area contributed by atoms with E-state index >= 15 is 0 Å². The molecular weight excluding hydrogens is 378 g/mol. The van der Waals surface area contributed by atoms with Crippen LogP contribution in [-0.2, 0) is 13.1 Å². The van der Waals surface area contributed by atoms with Gasteiger partial charge in [0.05, 0.1) is 10.6 Å². The average Bonchev–Trinajstić information content (AvgIpc) is 3.34. The summed E-state index contributed by atoms with van der Waals surface area (Å²) < 4.78 is 2.33. The normalized spacial score (nSPS) is 11.0. The summed E-state index contributed by atoms with van der Waals surface area (Å²) in [5.41, 5.74) is 6.62. The van der Waals surface area contributed by atoms with Gasteiger partial charge in [0.1, 0.15) is 0 Å². The molecule has 2 heterocycles. The Balaban J connectivity index is 1.64. The van der Waals surface area contributed by atoms with Crippen LogP contribution in [0.5, 0.6) is 0 Å². The number of anilines is 1. The number of urea groups is 1. The maximum atomic E-state index is 12.6. The van der Waals surface area contributed by atoms with E-state index in [-0.39, 0.29) is 6.03 Å². The molecular formula is C24H25N3OS. The Morgan fingerprint density at radius 2 is 1.90 bits per heavy atom. The molecule has 4 nitrogen and oxygen atoms in total. The lowest BCUT2D eigenvalue weighted by molar-refractivity contribution is 0.252. The van der Waals surface area contributed by atoms with E-state index in [0.717, 1.165) is 23.4 Å². The lowest BCUT2D eigenvalue weighted by Crippen LogP contribution is -2.28. The van der Waals surface area contributed by atoms with E-state index in [4.69, 9.17) is 0 Å². The lowest BCUT2D eigenvalue weighted by atomic mass is 10.1. The van der Waals surface area contributed by atoms with Crippen LogP contribution in [-0.4, -0.2) is 10.6 Å².